The van der Waals surface area contributed by atoms with Crippen LogP contribution in [-0.2, 0) is 49.4 Å². The van der Waals surface area contributed by atoms with E-state index in [9.17, 15) is 39.0 Å². The SMILES string of the molecule is CC(C)(C)OC(=O)CC[C@H](NC(=O)CNC(=O)CBr)C(=O)NC12C3C4C1C1C2C3C41Cc1ccc([C@@H]2O[C@@H]3C[C@H]4[C@@H]5CCC6=CC(=O)C=C[C@]6(C)[C@H]5[C@@H](O)C[C@]4(C)[C@]3(C(=O)CO)O2)cc1. The molecule has 1 heterocycles. The van der Waals surface area contributed by atoms with Crippen LogP contribution < -0.4 is 16.0 Å². The molecule has 1 aromatic rings. The zero-order chi connectivity index (χ0) is 46.0. The lowest BCUT2D eigenvalue weighted by atomic mass is 8.94. The fourth-order valence-corrected chi connectivity index (χ4v) is 17.2. The van der Waals surface area contributed by atoms with Crippen LogP contribution in [0.3, 0.4) is 0 Å². The normalized spacial score (nSPS) is 44.9. The van der Waals surface area contributed by atoms with Crippen molar-refractivity contribution in [3.05, 3.63) is 59.2 Å². The number of amides is 3. The topological polar surface area (TPSA) is 207 Å². The number of nitrogens with one attached hydrogen (secondary N) is 3. The second-order valence-corrected chi connectivity index (χ2v) is 23.2. The number of aliphatic hydroxyl groups excluding tert-OH is 2. The lowest BCUT2D eigenvalue weighted by Gasteiger charge is -3.11. The molecule has 10 fully saturated rings. The van der Waals surface area contributed by atoms with Crippen LogP contribution in [-0.4, -0.2) is 98.9 Å². The average Bonchev–Trinajstić information content (AvgIpc) is 3.77. The smallest absolute Gasteiger partial charge is 0.306 e. The van der Waals surface area contributed by atoms with Gasteiger partial charge in [0.15, 0.2) is 23.5 Å². The molecule has 0 unspecified atom stereocenters. The molecule has 1 saturated heterocycles. The van der Waals surface area contributed by atoms with Gasteiger partial charge in [0.05, 0.1) is 29.6 Å². The zero-order valence-corrected chi connectivity index (χ0v) is 39.2. The lowest BCUT2D eigenvalue weighted by Crippen LogP contribution is -3.15. The van der Waals surface area contributed by atoms with Gasteiger partial charge in [-0.15, -0.1) is 0 Å². The van der Waals surface area contributed by atoms with Crippen molar-refractivity contribution >= 4 is 51.2 Å². The van der Waals surface area contributed by atoms with Crippen molar-refractivity contribution in [1.82, 2.24) is 16.0 Å². The molecule has 348 valence electrons. The van der Waals surface area contributed by atoms with Crippen LogP contribution in [0.4, 0.5) is 0 Å². The van der Waals surface area contributed by atoms with E-state index in [2.05, 4.69) is 50.9 Å². The highest BCUT2D eigenvalue weighted by atomic mass is 79.9. The summed E-state index contributed by atoms with van der Waals surface area (Å²) in [5.41, 5.74) is -0.243. The number of carbonyl (C=O) groups is 6. The number of aliphatic hydroxyl groups is 2. The zero-order valence-electron chi connectivity index (χ0n) is 37.6. The molecule has 65 heavy (non-hydrogen) atoms. The van der Waals surface area contributed by atoms with Crippen molar-refractivity contribution < 1.29 is 53.2 Å². The van der Waals surface area contributed by atoms with Crippen LogP contribution in [0.5, 0.6) is 0 Å². The molecule has 5 N–H and O–H groups in total. The number of fused-ring (bicyclic) bond motifs is 7. The number of benzene rings is 1. The minimum Gasteiger partial charge on any atom is -0.460 e. The number of carbonyl (C=O) groups excluding carboxylic acids is 6. The van der Waals surface area contributed by atoms with E-state index in [0.29, 0.717) is 48.3 Å². The first-order valence-corrected chi connectivity index (χ1v) is 24.8. The molecule has 3 amide bonds. The monoisotopic (exact) mass is 957 g/mol. The van der Waals surface area contributed by atoms with Gasteiger partial charge in [0.1, 0.15) is 18.2 Å². The quantitative estimate of drug-likeness (QED) is 0.135. The maximum Gasteiger partial charge on any atom is 0.306 e. The highest BCUT2D eigenvalue weighted by molar-refractivity contribution is 9.09. The summed E-state index contributed by atoms with van der Waals surface area (Å²) in [5.74, 6) is 0.764. The second-order valence-electron chi connectivity index (χ2n) is 22.6. The van der Waals surface area contributed by atoms with Crippen LogP contribution in [0.1, 0.15) is 90.6 Å². The number of halogens is 1. The molecule has 0 bridgehead atoms. The van der Waals surface area contributed by atoms with E-state index in [1.54, 1.807) is 32.9 Å². The van der Waals surface area contributed by atoms with Crippen molar-refractivity contribution in [2.24, 2.45) is 69.5 Å². The highest BCUT2D eigenvalue weighted by Crippen LogP contribution is 3.07. The Labute approximate surface area is 386 Å². The van der Waals surface area contributed by atoms with Crippen molar-refractivity contribution in [1.29, 1.82) is 0 Å². The van der Waals surface area contributed by atoms with Gasteiger partial charge in [-0.2, -0.15) is 0 Å². The van der Waals surface area contributed by atoms with Crippen LogP contribution in [0.15, 0.2) is 48.1 Å². The Kier molecular flexibility index (Phi) is 9.69. The first-order valence-electron chi connectivity index (χ1n) is 23.6. The van der Waals surface area contributed by atoms with Crippen LogP contribution in [0, 0.1) is 69.5 Å². The van der Waals surface area contributed by atoms with E-state index in [-0.39, 0.29) is 71.0 Å². The fourth-order valence-electron chi connectivity index (χ4n) is 17.0. The molecule has 0 spiro atoms. The molecular formula is C50H60BrN3O11. The molecule has 10 atom stereocenters. The molecule has 10 aliphatic carbocycles. The Hall–Kier alpha value is -3.76. The number of alkyl halides is 1. The summed E-state index contributed by atoms with van der Waals surface area (Å²) in [7, 11) is 0. The van der Waals surface area contributed by atoms with Gasteiger partial charge in [-0.25, -0.2) is 0 Å². The molecule has 0 radical (unpaired) electrons. The van der Waals surface area contributed by atoms with E-state index in [0.717, 1.165) is 30.4 Å². The summed E-state index contributed by atoms with van der Waals surface area (Å²) in [6, 6.07) is 7.36. The Bertz CT molecular complexity index is 2300. The van der Waals surface area contributed by atoms with Gasteiger partial charge in [0, 0.05) is 28.7 Å². The third kappa shape index (κ3) is 5.59. The number of Topliss-reactive ketones (excluding diaryl/α,β-unsaturated/α-hetero) is 1. The second kappa shape index (κ2) is 14.4. The molecule has 15 heteroatoms. The van der Waals surface area contributed by atoms with Gasteiger partial charge in [-0.05, 0) is 130 Å². The van der Waals surface area contributed by atoms with E-state index >= 15 is 0 Å². The van der Waals surface area contributed by atoms with Crippen molar-refractivity contribution in [3.8, 4) is 0 Å². The summed E-state index contributed by atoms with van der Waals surface area (Å²) in [6.45, 7) is 8.53. The number of ether oxygens (including phenoxy) is 3. The Morgan fingerprint density at radius 3 is 2.32 bits per heavy atom. The summed E-state index contributed by atoms with van der Waals surface area (Å²) in [4.78, 5) is 77.4. The van der Waals surface area contributed by atoms with Gasteiger partial charge >= 0.3 is 5.97 Å². The van der Waals surface area contributed by atoms with Gasteiger partial charge in [-0.1, -0.05) is 65.7 Å². The first-order chi connectivity index (χ1) is 30.8. The Morgan fingerprint density at radius 2 is 1.68 bits per heavy atom. The molecular weight excluding hydrogens is 898 g/mol. The van der Waals surface area contributed by atoms with Gasteiger partial charge in [0.25, 0.3) is 0 Å². The number of esters is 1. The maximum atomic E-state index is 14.0. The number of ketones is 2. The Balaban J connectivity index is 0.739. The number of rotatable bonds is 14. The van der Waals surface area contributed by atoms with Gasteiger partial charge in [-0.3, -0.25) is 28.8 Å². The standard InChI is InChI=1S/C50H60BrN3O11/c1-45(2,3)64-35(61)13-12-29(53-34(60)21-52-33(59)20-51)43(62)54-49-40-37-41(49)39-42(49)38(40)48(37,39)18-23-6-8-24(9-7-23)44-63-32-17-28-27-11-10-25-16-26(56)14-15-46(25,4)36(27)30(57)19-47(28,5)50(32,65-44)31(58)22-55/h6-9,14-16,27-30,32,36-42,44,55,57H,10-13,17-22H2,1-5H3,(H,52,59)(H,53,60)(H,54,62)/t27-,28-,29-,30-,32+,36+,37?,38?,39?,40?,41?,42?,44+,46-,47-,48?,49?,50+/m0/s1. The summed E-state index contributed by atoms with van der Waals surface area (Å²) in [5, 5.41) is 31.1. The highest BCUT2D eigenvalue weighted by Gasteiger charge is 3.09. The average molecular weight is 959 g/mol. The minimum absolute atomic E-state index is 0.0166. The number of hydrogen-bond acceptors (Lipinski definition) is 11. The van der Waals surface area contributed by atoms with E-state index in [1.165, 1.54) is 5.56 Å². The summed E-state index contributed by atoms with van der Waals surface area (Å²) < 4.78 is 19.0. The molecule has 14 nitrogen and oxygen atoms in total. The molecule has 12 rings (SSSR count). The predicted octanol–water partition coefficient (Wildman–Crippen LogP) is 3.56. The van der Waals surface area contributed by atoms with Gasteiger partial charge < -0.3 is 40.4 Å². The summed E-state index contributed by atoms with van der Waals surface area (Å²) in [6.07, 6.45) is 6.63. The maximum absolute atomic E-state index is 14.0. The van der Waals surface area contributed by atoms with E-state index in [1.807, 2.05) is 25.1 Å². The number of allylic oxidation sites excluding steroid dienone is 4. The molecule has 1 aliphatic heterocycles. The molecule has 9 saturated carbocycles. The molecule has 0 aromatic heterocycles. The van der Waals surface area contributed by atoms with Crippen LogP contribution in [0.25, 0.3) is 0 Å². The largest absolute Gasteiger partial charge is 0.460 e. The van der Waals surface area contributed by atoms with Crippen LogP contribution >= 0.6 is 15.9 Å². The Morgan fingerprint density at radius 1 is 0.985 bits per heavy atom. The molecule has 11 aliphatic rings. The number of hydrogen-bond donors (Lipinski definition) is 5. The molecule has 1 aromatic carbocycles. The predicted molar refractivity (Wildman–Crippen MR) is 235 cm³/mol. The van der Waals surface area contributed by atoms with Crippen molar-refractivity contribution in [3.63, 3.8) is 0 Å². The van der Waals surface area contributed by atoms with Crippen LogP contribution in [0.2, 0.25) is 0 Å². The van der Waals surface area contributed by atoms with Gasteiger partial charge in [0.2, 0.25) is 17.7 Å². The summed E-state index contributed by atoms with van der Waals surface area (Å²) >= 11 is 3.06. The third-order valence-electron chi connectivity index (χ3n) is 19.0. The first kappa shape index (κ1) is 43.8. The van der Waals surface area contributed by atoms with E-state index < -0.39 is 70.8 Å². The third-order valence-corrected chi connectivity index (χ3v) is 19.5. The lowest BCUT2D eigenvalue weighted by molar-refractivity contribution is -0.624. The minimum atomic E-state index is -1.41. The van der Waals surface area contributed by atoms with Crippen molar-refractivity contribution in [2.45, 2.75) is 121 Å². The van der Waals surface area contributed by atoms with E-state index in [4.69, 9.17) is 14.2 Å². The fraction of sp³-hybridized carbons (Fsp3) is 0.680. The van der Waals surface area contributed by atoms with Crippen molar-refractivity contribution in [2.75, 3.05) is 18.5 Å².